The predicted molar refractivity (Wildman–Crippen MR) is 57.2 cm³/mol. The Kier molecular flexibility index (Phi) is 1.94. The third-order valence-corrected chi connectivity index (χ3v) is 2.14. The Morgan fingerprint density at radius 2 is 2.24 bits per heavy atom. The third kappa shape index (κ3) is 1.46. The molecule has 0 aliphatic carbocycles. The molecule has 0 aliphatic rings. The fourth-order valence-corrected chi connectivity index (χ4v) is 1.39. The highest BCUT2D eigenvalue weighted by Gasteiger charge is 2.13. The summed E-state index contributed by atoms with van der Waals surface area (Å²) in [4.78, 5) is 12.1. The van der Waals surface area contributed by atoms with Gasteiger partial charge < -0.3 is 14.9 Å². The van der Waals surface area contributed by atoms with Gasteiger partial charge in [-0.2, -0.15) is 19.5 Å². The van der Waals surface area contributed by atoms with Gasteiger partial charge in [0.05, 0.1) is 13.4 Å². The number of fused-ring (bicyclic) bond motifs is 1. The monoisotopic (exact) mass is 232 g/mol. The van der Waals surface area contributed by atoms with Crippen LogP contribution in [0.25, 0.3) is 17.4 Å². The van der Waals surface area contributed by atoms with Crippen LogP contribution in [0.1, 0.15) is 0 Å². The topological polar surface area (TPSA) is 104 Å². The standard InChI is InChI=1S/C9H8N6O2/c1-16-9-12-7(10)15-8(13-9)11-6(14-15)5-3-2-4-17-5/h2-4H,1H3,(H2,10,11,12,13,14). The largest absolute Gasteiger partial charge is 0.467 e. The van der Waals surface area contributed by atoms with Crippen molar-refractivity contribution in [1.29, 1.82) is 0 Å². The van der Waals surface area contributed by atoms with Crippen molar-refractivity contribution in [2.75, 3.05) is 12.8 Å². The minimum Gasteiger partial charge on any atom is -0.467 e. The zero-order valence-electron chi connectivity index (χ0n) is 8.86. The van der Waals surface area contributed by atoms with Crippen LogP contribution < -0.4 is 10.5 Å². The van der Waals surface area contributed by atoms with E-state index in [0.717, 1.165) is 0 Å². The first-order valence-electron chi connectivity index (χ1n) is 4.76. The summed E-state index contributed by atoms with van der Waals surface area (Å²) in [7, 11) is 1.45. The zero-order chi connectivity index (χ0) is 11.8. The Labute approximate surface area is 95.1 Å². The van der Waals surface area contributed by atoms with Gasteiger partial charge in [0, 0.05) is 0 Å². The lowest BCUT2D eigenvalue weighted by atomic mass is 10.4. The van der Waals surface area contributed by atoms with Gasteiger partial charge in [0.25, 0.3) is 5.78 Å². The van der Waals surface area contributed by atoms with E-state index in [9.17, 15) is 0 Å². The molecule has 17 heavy (non-hydrogen) atoms. The molecule has 0 atom stereocenters. The van der Waals surface area contributed by atoms with E-state index in [1.165, 1.54) is 17.9 Å². The molecule has 3 heterocycles. The fraction of sp³-hybridized carbons (Fsp3) is 0.111. The van der Waals surface area contributed by atoms with Crippen LogP contribution in [0, 0.1) is 0 Å². The zero-order valence-corrected chi connectivity index (χ0v) is 8.86. The van der Waals surface area contributed by atoms with Crippen LogP contribution >= 0.6 is 0 Å². The van der Waals surface area contributed by atoms with E-state index >= 15 is 0 Å². The van der Waals surface area contributed by atoms with Crippen LogP contribution in [-0.2, 0) is 0 Å². The van der Waals surface area contributed by atoms with E-state index in [2.05, 4.69) is 20.1 Å². The maximum absolute atomic E-state index is 5.70. The van der Waals surface area contributed by atoms with Crippen LogP contribution in [0.4, 0.5) is 5.95 Å². The van der Waals surface area contributed by atoms with Gasteiger partial charge in [-0.1, -0.05) is 0 Å². The van der Waals surface area contributed by atoms with Crippen LogP contribution in [-0.4, -0.2) is 31.7 Å². The molecule has 0 fully saturated rings. The molecule has 3 aromatic heterocycles. The number of nitrogen functional groups attached to an aromatic ring is 1. The van der Waals surface area contributed by atoms with Crippen molar-refractivity contribution in [1.82, 2.24) is 24.6 Å². The number of methoxy groups -OCH3 is 1. The number of nitrogens with two attached hydrogens (primary N) is 1. The fourth-order valence-electron chi connectivity index (χ4n) is 1.39. The summed E-state index contributed by atoms with van der Waals surface area (Å²) >= 11 is 0. The minimum atomic E-state index is 0.147. The maximum atomic E-state index is 5.70. The van der Waals surface area contributed by atoms with Gasteiger partial charge in [0.2, 0.25) is 11.8 Å². The highest BCUT2D eigenvalue weighted by molar-refractivity contribution is 5.51. The summed E-state index contributed by atoms with van der Waals surface area (Å²) in [6.07, 6.45) is 1.54. The van der Waals surface area contributed by atoms with Crippen molar-refractivity contribution in [2.45, 2.75) is 0 Å². The number of hydrogen-bond acceptors (Lipinski definition) is 7. The van der Waals surface area contributed by atoms with Gasteiger partial charge in [-0.25, -0.2) is 0 Å². The smallest absolute Gasteiger partial charge is 0.322 e. The van der Waals surface area contributed by atoms with Gasteiger partial charge in [0.15, 0.2) is 5.76 Å². The van der Waals surface area contributed by atoms with Crippen molar-refractivity contribution in [3.8, 4) is 17.6 Å². The van der Waals surface area contributed by atoms with Crippen LogP contribution in [0.2, 0.25) is 0 Å². The van der Waals surface area contributed by atoms with E-state index in [4.69, 9.17) is 14.9 Å². The van der Waals surface area contributed by atoms with Crippen LogP contribution in [0.5, 0.6) is 6.01 Å². The van der Waals surface area contributed by atoms with E-state index in [1.807, 2.05) is 0 Å². The lowest BCUT2D eigenvalue weighted by molar-refractivity contribution is 0.380. The SMILES string of the molecule is COc1nc(N)n2nc(-c3ccco3)nc2n1. The van der Waals surface area contributed by atoms with E-state index < -0.39 is 0 Å². The van der Waals surface area contributed by atoms with Crippen molar-refractivity contribution in [3.63, 3.8) is 0 Å². The number of hydrogen-bond donors (Lipinski definition) is 1. The Morgan fingerprint density at radius 3 is 2.94 bits per heavy atom. The molecule has 0 bridgehead atoms. The molecular weight excluding hydrogens is 224 g/mol. The molecule has 3 rings (SSSR count). The second kappa shape index (κ2) is 3.44. The van der Waals surface area contributed by atoms with Gasteiger partial charge >= 0.3 is 6.01 Å². The van der Waals surface area contributed by atoms with Crippen LogP contribution in [0.15, 0.2) is 22.8 Å². The van der Waals surface area contributed by atoms with Crippen LogP contribution in [0.3, 0.4) is 0 Å². The second-order valence-electron chi connectivity index (χ2n) is 3.19. The molecule has 8 heteroatoms. The second-order valence-corrected chi connectivity index (χ2v) is 3.19. The molecule has 86 valence electrons. The molecule has 0 saturated carbocycles. The first-order chi connectivity index (χ1) is 8.28. The summed E-state index contributed by atoms with van der Waals surface area (Å²) in [5, 5.41) is 4.14. The first-order valence-corrected chi connectivity index (χ1v) is 4.76. The van der Waals surface area contributed by atoms with E-state index in [0.29, 0.717) is 17.4 Å². The molecule has 8 nitrogen and oxygen atoms in total. The summed E-state index contributed by atoms with van der Waals surface area (Å²) in [5.74, 6) is 1.39. The number of anilines is 1. The lowest BCUT2D eigenvalue weighted by Crippen LogP contribution is -2.05. The molecule has 0 saturated heterocycles. The molecular formula is C9H8N6O2. The quantitative estimate of drug-likeness (QED) is 0.680. The first kappa shape index (κ1) is 9.58. The Morgan fingerprint density at radius 1 is 1.35 bits per heavy atom. The summed E-state index contributed by atoms with van der Waals surface area (Å²) in [5.41, 5.74) is 5.70. The molecule has 0 spiro atoms. The van der Waals surface area contributed by atoms with Crippen molar-refractivity contribution in [3.05, 3.63) is 18.4 Å². The van der Waals surface area contributed by atoms with Crippen molar-refractivity contribution in [2.24, 2.45) is 0 Å². The number of rotatable bonds is 2. The third-order valence-electron chi connectivity index (χ3n) is 2.14. The number of aromatic nitrogens is 5. The van der Waals surface area contributed by atoms with Gasteiger partial charge in [-0.3, -0.25) is 0 Å². The predicted octanol–water partition coefficient (Wildman–Crippen LogP) is 0.370. The number of ether oxygens (including phenoxy) is 1. The van der Waals surface area contributed by atoms with Gasteiger partial charge in [-0.15, -0.1) is 5.10 Å². The molecule has 0 unspecified atom stereocenters. The lowest BCUT2D eigenvalue weighted by Gasteiger charge is -1.98. The highest BCUT2D eigenvalue weighted by atomic mass is 16.5. The number of furan rings is 1. The Bertz CT molecular complexity index is 659. The molecule has 0 aromatic carbocycles. The Balaban J connectivity index is 2.22. The van der Waals surface area contributed by atoms with Crippen molar-refractivity contribution < 1.29 is 9.15 Å². The average molecular weight is 232 g/mol. The van der Waals surface area contributed by atoms with Crippen molar-refractivity contribution >= 4 is 11.7 Å². The molecule has 0 radical (unpaired) electrons. The molecule has 0 aliphatic heterocycles. The summed E-state index contributed by atoms with van der Waals surface area (Å²) in [6, 6.07) is 3.64. The summed E-state index contributed by atoms with van der Waals surface area (Å²) < 4.78 is 11.4. The highest BCUT2D eigenvalue weighted by Crippen LogP contribution is 2.17. The molecule has 0 amide bonds. The maximum Gasteiger partial charge on any atom is 0.322 e. The Hall–Kier alpha value is -2.64. The minimum absolute atomic E-state index is 0.147. The van der Waals surface area contributed by atoms with E-state index in [-0.39, 0.29) is 12.0 Å². The normalized spacial score (nSPS) is 10.9. The number of nitrogens with zero attached hydrogens (tertiary/aromatic N) is 5. The van der Waals surface area contributed by atoms with Gasteiger partial charge in [-0.05, 0) is 12.1 Å². The van der Waals surface area contributed by atoms with Gasteiger partial charge in [0.1, 0.15) is 0 Å². The average Bonchev–Trinajstić information content (AvgIpc) is 2.96. The summed E-state index contributed by atoms with van der Waals surface area (Å²) in [6.45, 7) is 0. The molecule has 2 N–H and O–H groups in total. The molecule has 3 aromatic rings. The van der Waals surface area contributed by atoms with E-state index in [1.54, 1.807) is 12.1 Å².